The zero-order chi connectivity index (χ0) is 42.8. The molecule has 0 unspecified atom stereocenters. The van der Waals surface area contributed by atoms with Crippen LogP contribution in [0.25, 0.3) is 21.8 Å². The van der Waals surface area contributed by atoms with Crippen LogP contribution in [0.3, 0.4) is 0 Å². The zero-order valence-electron chi connectivity index (χ0n) is 33.9. The molecule has 0 bridgehead atoms. The minimum absolute atomic E-state index is 0.0196. The van der Waals surface area contributed by atoms with Crippen LogP contribution in [0.1, 0.15) is 61.8 Å². The largest absolute Gasteiger partial charge is 0.494 e. The molecule has 2 aromatic carbocycles. The lowest BCUT2D eigenvalue weighted by Crippen LogP contribution is -2.58. The number of anilines is 1. The molecule has 1 fully saturated rings. The first-order valence-electron chi connectivity index (χ1n) is 19.6. The molecule has 15 nitrogen and oxygen atoms in total. The number of pyridine rings is 1. The predicted octanol–water partition coefficient (Wildman–Crippen LogP) is 5.79. The number of halogens is 1. The standard InChI is InChI=1S/C43H49ClN8O7S/c1-26-38(60-25-46-26)28-12-10-27(11-13-28)22-45-41(56)36-20-29(53)23-52(36)42(57)39(43(2,3)4)50-37(54)24-58-18-5-6-19-59-30-14-15-32(31(44)21-30)49-40(55)35-9-7-8-33(48-35)34-16-17-47-51-34/h7-17,21,25,29,36,39,53H,5-6,18-20,22-24H2,1-4H3,(H,45,56)(H,47,51)(H,49,55)(H,50,54)/t29-,36+,39-/m1/s1. The number of aromatic nitrogens is 4. The van der Waals surface area contributed by atoms with E-state index in [0.717, 1.165) is 21.7 Å². The van der Waals surface area contributed by atoms with Crippen molar-refractivity contribution in [1.82, 2.24) is 35.7 Å². The quantitative estimate of drug-likeness (QED) is 0.0713. The summed E-state index contributed by atoms with van der Waals surface area (Å²) in [4.78, 5) is 64.3. The van der Waals surface area contributed by atoms with E-state index in [1.165, 1.54) is 4.90 Å². The number of likely N-dealkylation sites (tertiary alicyclic amines) is 1. The highest BCUT2D eigenvalue weighted by atomic mass is 35.5. The van der Waals surface area contributed by atoms with Crippen LogP contribution in [0.5, 0.6) is 5.75 Å². The van der Waals surface area contributed by atoms with Crippen LogP contribution in [0, 0.1) is 12.3 Å². The Morgan fingerprint density at radius 1 is 1.05 bits per heavy atom. The van der Waals surface area contributed by atoms with Gasteiger partial charge >= 0.3 is 0 Å². The number of carbonyl (C=O) groups excluding carboxylic acids is 4. The summed E-state index contributed by atoms with van der Waals surface area (Å²) in [5.41, 5.74) is 5.90. The number of hydrogen-bond acceptors (Lipinski definition) is 11. The Balaban J connectivity index is 0.909. The molecule has 17 heteroatoms. The molecule has 3 aromatic heterocycles. The lowest BCUT2D eigenvalue weighted by molar-refractivity contribution is -0.144. The highest BCUT2D eigenvalue weighted by molar-refractivity contribution is 7.13. The van der Waals surface area contributed by atoms with Crippen molar-refractivity contribution in [3.05, 3.63) is 100 Å². The van der Waals surface area contributed by atoms with E-state index in [1.54, 1.807) is 60.0 Å². The summed E-state index contributed by atoms with van der Waals surface area (Å²) in [6, 6.07) is 17.8. The molecule has 5 aromatic rings. The van der Waals surface area contributed by atoms with Crippen molar-refractivity contribution in [3.63, 3.8) is 0 Å². The third-order valence-electron chi connectivity index (χ3n) is 9.84. The average molecular weight is 857 g/mol. The highest BCUT2D eigenvalue weighted by Gasteiger charge is 2.44. The molecule has 0 saturated carbocycles. The van der Waals surface area contributed by atoms with Crippen molar-refractivity contribution in [2.24, 2.45) is 5.41 Å². The van der Waals surface area contributed by atoms with Gasteiger partial charge in [0.05, 0.1) is 50.9 Å². The van der Waals surface area contributed by atoms with E-state index in [2.05, 4.69) is 36.1 Å². The average Bonchev–Trinajstić information content (AvgIpc) is 4.01. The maximum Gasteiger partial charge on any atom is 0.274 e. The number of unbranched alkanes of at least 4 members (excludes halogenated alkanes) is 1. The van der Waals surface area contributed by atoms with Crippen molar-refractivity contribution in [1.29, 1.82) is 0 Å². The number of aromatic amines is 1. The maximum absolute atomic E-state index is 13.9. The van der Waals surface area contributed by atoms with Gasteiger partial charge in [-0.25, -0.2) is 9.97 Å². The summed E-state index contributed by atoms with van der Waals surface area (Å²) in [7, 11) is 0. The first-order chi connectivity index (χ1) is 28.8. The Bertz CT molecular complexity index is 2260. The number of aryl methyl sites for hydroxylation is 1. The first kappa shape index (κ1) is 43.9. The number of aliphatic hydroxyl groups is 1. The van der Waals surface area contributed by atoms with Crippen LogP contribution in [0.4, 0.5) is 5.69 Å². The molecule has 1 saturated heterocycles. The third kappa shape index (κ3) is 11.5. The Morgan fingerprint density at radius 3 is 2.53 bits per heavy atom. The fourth-order valence-corrected chi connectivity index (χ4v) is 7.66. The van der Waals surface area contributed by atoms with E-state index in [4.69, 9.17) is 21.1 Å². The Morgan fingerprint density at radius 2 is 1.83 bits per heavy atom. The van der Waals surface area contributed by atoms with Gasteiger partial charge in [-0.1, -0.05) is 62.7 Å². The van der Waals surface area contributed by atoms with Gasteiger partial charge in [0, 0.05) is 38.4 Å². The number of hydrogen-bond donors (Lipinski definition) is 5. The fraction of sp³-hybridized carbons (Fsp3) is 0.372. The van der Waals surface area contributed by atoms with Crippen molar-refractivity contribution in [2.75, 3.05) is 31.7 Å². The molecule has 1 aliphatic heterocycles. The monoisotopic (exact) mass is 856 g/mol. The molecule has 4 amide bonds. The van der Waals surface area contributed by atoms with Crippen molar-refractivity contribution in [3.8, 4) is 27.6 Å². The Labute approximate surface area is 357 Å². The smallest absolute Gasteiger partial charge is 0.274 e. The lowest BCUT2D eigenvalue weighted by Gasteiger charge is -2.35. The summed E-state index contributed by atoms with van der Waals surface area (Å²) in [5.74, 6) is -1.19. The number of carbonyl (C=O) groups is 4. The number of benzene rings is 2. The van der Waals surface area contributed by atoms with Crippen LogP contribution in [-0.4, -0.2) is 98.4 Å². The molecule has 316 valence electrons. The molecule has 0 spiro atoms. The van der Waals surface area contributed by atoms with E-state index in [9.17, 15) is 24.3 Å². The number of nitrogens with one attached hydrogen (secondary N) is 4. The molecule has 1 aliphatic rings. The van der Waals surface area contributed by atoms with Gasteiger partial charge in [0.2, 0.25) is 17.7 Å². The molecule has 60 heavy (non-hydrogen) atoms. The van der Waals surface area contributed by atoms with Crippen molar-refractivity contribution < 1.29 is 33.8 Å². The second-order valence-electron chi connectivity index (χ2n) is 15.5. The van der Waals surface area contributed by atoms with Crippen LogP contribution in [-0.2, 0) is 25.7 Å². The third-order valence-corrected chi connectivity index (χ3v) is 11.1. The zero-order valence-corrected chi connectivity index (χ0v) is 35.4. The van der Waals surface area contributed by atoms with Crippen LogP contribution in [0.2, 0.25) is 5.02 Å². The fourth-order valence-electron chi connectivity index (χ4n) is 6.63. The first-order valence-corrected chi connectivity index (χ1v) is 20.9. The number of aliphatic hydroxyl groups excluding tert-OH is 1. The van der Waals surface area contributed by atoms with E-state index in [1.807, 2.05) is 57.5 Å². The molecule has 4 heterocycles. The van der Waals surface area contributed by atoms with Gasteiger partial charge in [0.15, 0.2) is 0 Å². The van der Waals surface area contributed by atoms with E-state index < -0.39 is 41.3 Å². The summed E-state index contributed by atoms with van der Waals surface area (Å²) in [5, 5.41) is 26.1. The lowest BCUT2D eigenvalue weighted by atomic mass is 9.85. The maximum atomic E-state index is 13.9. The molecule has 0 radical (unpaired) electrons. The molecule has 5 N–H and O–H groups in total. The van der Waals surface area contributed by atoms with E-state index in [0.29, 0.717) is 47.3 Å². The summed E-state index contributed by atoms with van der Waals surface area (Å²) in [6.07, 6.45) is 2.05. The van der Waals surface area contributed by atoms with Gasteiger partial charge in [0.25, 0.3) is 5.91 Å². The Hall–Kier alpha value is -5.68. The minimum Gasteiger partial charge on any atom is -0.494 e. The van der Waals surface area contributed by atoms with Gasteiger partial charge in [-0.2, -0.15) is 5.10 Å². The number of H-pyrrole nitrogens is 1. The summed E-state index contributed by atoms with van der Waals surface area (Å²) >= 11 is 8.01. The van der Waals surface area contributed by atoms with Crippen molar-refractivity contribution >= 4 is 52.3 Å². The number of thiazole rings is 1. The molecule has 6 rings (SSSR count). The Kier molecular flexibility index (Phi) is 14.7. The number of rotatable bonds is 17. The second-order valence-corrected chi connectivity index (χ2v) is 16.8. The van der Waals surface area contributed by atoms with Crippen LogP contribution in [0.15, 0.2) is 78.4 Å². The van der Waals surface area contributed by atoms with Gasteiger partial charge in [-0.15, -0.1) is 11.3 Å². The van der Waals surface area contributed by atoms with Crippen LogP contribution >= 0.6 is 22.9 Å². The van der Waals surface area contributed by atoms with Crippen LogP contribution < -0.4 is 20.7 Å². The second kappa shape index (κ2) is 20.1. The number of β-amino-alcohol motifs (C(OH)–C–C–N with tert-alkyl or cyclic N) is 1. The SMILES string of the molecule is Cc1ncsc1-c1ccc(CNC(=O)[C@@H]2C[C@@H](O)CN2C(=O)[C@@H](NC(=O)COCCCCOc2ccc(NC(=O)c3cccc(-c4ccn[nH]4)n3)c(Cl)c2)C(C)(C)C)cc1. The predicted molar refractivity (Wildman–Crippen MR) is 228 cm³/mol. The van der Waals surface area contributed by atoms with Gasteiger partial charge in [-0.05, 0) is 66.6 Å². The normalized spacial score (nSPS) is 15.7. The van der Waals surface area contributed by atoms with Gasteiger partial charge in [0.1, 0.15) is 30.1 Å². The summed E-state index contributed by atoms with van der Waals surface area (Å²) < 4.78 is 11.4. The number of nitrogens with zero attached hydrogens (tertiary/aromatic N) is 4. The van der Waals surface area contributed by atoms with E-state index >= 15 is 0 Å². The molecular weight excluding hydrogens is 808 g/mol. The minimum atomic E-state index is -0.965. The highest BCUT2D eigenvalue weighted by Crippen LogP contribution is 2.30. The summed E-state index contributed by atoms with van der Waals surface area (Å²) in [6.45, 7) is 8.05. The van der Waals surface area contributed by atoms with E-state index in [-0.39, 0.29) is 44.3 Å². The molecule has 0 aliphatic carbocycles. The molecular formula is C43H49ClN8O7S. The van der Waals surface area contributed by atoms with Gasteiger partial charge < -0.3 is 35.4 Å². The van der Waals surface area contributed by atoms with Crippen molar-refractivity contribution in [2.45, 2.75) is 71.7 Å². The number of ether oxygens (including phenoxy) is 2. The number of amides is 4. The molecule has 3 atom stereocenters. The van der Waals surface area contributed by atoms with Gasteiger partial charge in [-0.3, -0.25) is 24.3 Å². The topological polar surface area (TPSA) is 201 Å².